The number of aromatic nitrogens is 2. The van der Waals surface area contributed by atoms with E-state index in [1.807, 2.05) is 37.3 Å². The number of benzene rings is 1. The second-order valence-corrected chi connectivity index (χ2v) is 8.89. The molecule has 8 heteroatoms. The Labute approximate surface area is 153 Å². The summed E-state index contributed by atoms with van der Waals surface area (Å²) in [5, 5.41) is 7.04. The first-order chi connectivity index (χ1) is 11.8. The van der Waals surface area contributed by atoms with Gasteiger partial charge >= 0.3 is 6.03 Å². The monoisotopic (exact) mass is 380 g/mol. The van der Waals surface area contributed by atoms with Crippen molar-refractivity contribution in [2.45, 2.75) is 38.0 Å². The number of aryl methyl sites for hydroxylation is 2. The largest absolute Gasteiger partial charge is 0.337 e. The Morgan fingerprint density at radius 3 is 2.64 bits per heavy atom. The first-order valence-corrected chi connectivity index (χ1v) is 10.7. The average Bonchev–Trinajstić information content (AvgIpc) is 2.82. The van der Waals surface area contributed by atoms with E-state index in [1.54, 1.807) is 18.7 Å². The number of nitrogens with zero attached hydrogens (tertiary/aromatic N) is 2. The topological polar surface area (TPSA) is 76.0 Å². The number of amides is 2. The predicted molar refractivity (Wildman–Crippen MR) is 102 cm³/mol. The second-order valence-electron chi connectivity index (χ2n) is 5.86. The summed E-state index contributed by atoms with van der Waals surface area (Å²) in [5.74, 6) is 0. The predicted octanol–water partition coefficient (Wildman–Crippen LogP) is 2.44. The van der Waals surface area contributed by atoms with Crippen LogP contribution in [0, 0.1) is 6.92 Å². The van der Waals surface area contributed by atoms with Crippen LogP contribution in [-0.2, 0) is 33.3 Å². The van der Waals surface area contributed by atoms with Gasteiger partial charge in [-0.25, -0.2) is 9.00 Å². The lowest BCUT2D eigenvalue weighted by atomic mass is 10.1. The maximum atomic E-state index is 13.1. The van der Waals surface area contributed by atoms with Crippen LogP contribution in [-0.4, -0.2) is 26.6 Å². The molecule has 25 heavy (non-hydrogen) atoms. The molecule has 1 atom stereocenters. The van der Waals surface area contributed by atoms with Crippen LogP contribution in [0.5, 0.6) is 0 Å². The Balaban J connectivity index is 2.26. The minimum absolute atomic E-state index is 0.430. The standard InChI is InChI=1S/C17H24N4O2S2/c1-4-5-11-18-17(22)20-25(23,24)16-13(2)19-21(3)15(16)12-14-9-7-6-8-10-14/h6-10H,4-5,11-12H2,1-3H3,(H2,18,20,22). The lowest BCUT2D eigenvalue weighted by Gasteiger charge is -2.13. The molecule has 2 N–H and O–H groups in total. The quantitative estimate of drug-likeness (QED) is 0.724. The maximum absolute atomic E-state index is 13.1. The van der Waals surface area contributed by atoms with Gasteiger partial charge < -0.3 is 5.32 Å². The molecule has 0 aliphatic rings. The van der Waals surface area contributed by atoms with Gasteiger partial charge in [0.15, 0.2) is 0 Å². The van der Waals surface area contributed by atoms with Gasteiger partial charge in [-0.15, -0.1) is 0 Å². The SMILES string of the molecule is CCCCNC(=O)NS(=O)(=S)c1c(C)nn(C)c1Cc1ccccc1. The van der Waals surface area contributed by atoms with Crippen LogP contribution in [0.3, 0.4) is 0 Å². The van der Waals surface area contributed by atoms with Crippen LogP contribution in [0.1, 0.15) is 36.7 Å². The van der Waals surface area contributed by atoms with E-state index in [2.05, 4.69) is 15.1 Å². The molecule has 2 aromatic rings. The van der Waals surface area contributed by atoms with E-state index in [-0.39, 0.29) is 0 Å². The van der Waals surface area contributed by atoms with Crippen molar-refractivity contribution in [3.8, 4) is 0 Å². The molecule has 0 aliphatic heterocycles. The minimum atomic E-state index is -3.17. The normalized spacial score (nSPS) is 13.2. The summed E-state index contributed by atoms with van der Waals surface area (Å²) >= 11 is 5.27. The molecule has 0 radical (unpaired) electrons. The minimum Gasteiger partial charge on any atom is -0.337 e. The first kappa shape index (κ1) is 19.4. The third-order valence-electron chi connectivity index (χ3n) is 3.81. The van der Waals surface area contributed by atoms with Crippen LogP contribution in [0.25, 0.3) is 0 Å². The lowest BCUT2D eigenvalue weighted by molar-refractivity contribution is 0.246. The van der Waals surface area contributed by atoms with Crippen LogP contribution in [0.4, 0.5) is 4.79 Å². The Kier molecular flexibility index (Phi) is 6.55. The number of carbonyl (C=O) groups is 1. The molecule has 1 aromatic heterocycles. The third kappa shape index (κ3) is 5.02. The molecular weight excluding hydrogens is 356 g/mol. The molecule has 0 bridgehead atoms. The molecule has 0 saturated heterocycles. The summed E-state index contributed by atoms with van der Waals surface area (Å²) in [4.78, 5) is 12.4. The van der Waals surface area contributed by atoms with Crippen LogP contribution in [0.2, 0.25) is 0 Å². The van der Waals surface area contributed by atoms with Crippen molar-refractivity contribution < 1.29 is 9.00 Å². The lowest BCUT2D eigenvalue weighted by Crippen LogP contribution is -2.39. The number of carbonyl (C=O) groups excluding carboxylic acids is 1. The molecule has 0 saturated carbocycles. The van der Waals surface area contributed by atoms with Crippen molar-refractivity contribution in [2.24, 2.45) is 7.05 Å². The molecule has 0 spiro atoms. The van der Waals surface area contributed by atoms with Gasteiger partial charge in [0.25, 0.3) is 0 Å². The van der Waals surface area contributed by atoms with Crippen LogP contribution < -0.4 is 10.0 Å². The van der Waals surface area contributed by atoms with Gasteiger partial charge in [-0.05, 0) is 18.9 Å². The van der Waals surface area contributed by atoms with E-state index in [0.29, 0.717) is 23.6 Å². The third-order valence-corrected chi connectivity index (χ3v) is 6.08. The number of rotatable bonds is 7. The Bertz CT molecular complexity index is 830. The van der Waals surface area contributed by atoms with E-state index >= 15 is 0 Å². The van der Waals surface area contributed by atoms with E-state index in [9.17, 15) is 9.00 Å². The molecule has 1 heterocycles. The van der Waals surface area contributed by atoms with Crippen molar-refractivity contribution in [3.63, 3.8) is 0 Å². The Morgan fingerprint density at radius 1 is 1.32 bits per heavy atom. The summed E-state index contributed by atoms with van der Waals surface area (Å²) in [6.45, 7) is 4.31. The fourth-order valence-corrected chi connectivity index (χ4v) is 4.85. The zero-order valence-corrected chi connectivity index (χ0v) is 16.4. The number of unbranched alkanes of at least 4 members (excludes halogenated alkanes) is 1. The smallest absolute Gasteiger partial charge is 0.327 e. The van der Waals surface area contributed by atoms with Gasteiger partial charge in [0.05, 0.1) is 11.4 Å². The zero-order valence-electron chi connectivity index (χ0n) is 14.7. The summed E-state index contributed by atoms with van der Waals surface area (Å²) in [6, 6.07) is 9.30. The summed E-state index contributed by atoms with van der Waals surface area (Å²) in [6.07, 6.45) is 2.37. The second kappa shape index (κ2) is 8.44. The van der Waals surface area contributed by atoms with Crippen molar-refractivity contribution in [1.29, 1.82) is 0 Å². The van der Waals surface area contributed by atoms with E-state index in [1.165, 1.54) is 0 Å². The van der Waals surface area contributed by atoms with Crippen molar-refractivity contribution in [1.82, 2.24) is 19.8 Å². The molecule has 1 aromatic carbocycles. The van der Waals surface area contributed by atoms with E-state index < -0.39 is 14.7 Å². The van der Waals surface area contributed by atoms with Gasteiger partial charge in [0.2, 0.25) is 0 Å². The zero-order chi connectivity index (χ0) is 18.4. The number of urea groups is 1. The van der Waals surface area contributed by atoms with Gasteiger partial charge in [0.1, 0.15) is 13.6 Å². The molecular formula is C17H24N4O2S2. The molecule has 0 aliphatic carbocycles. The van der Waals surface area contributed by atoms with Gasteiger partial charge in [-0.1, -0.05) is 43.7 Å². The van der Waals surface area contributed by atoms with Crippen molar-refractivity contribution in [2.75, 3.05) is 6.54 Å². The molecule has 2 rings (SSSR count). The maximum Gasteiger partial charge on any atom is 0.327 e. The molecule has 1 unspecified atom stereocenters. The molecule has 6 nitrogen and oxygen atoms in total. The number of hydrogen-bond acceptors (Lipinski definition) is 4. The number of nitrogens with one attached hydrogen (secondary N) is 2. The highest BCUT2D eigenvalue weighted by Crippen LogP contribution is 2.22. The molecule has 136 valence electrons. The fraction of sp³-hybridized carbons (Fsp3) is 0.412. The van der Waals surface area contributed by atoms with Crippen LogP contribution >= 0.6 is 0 Å². The summed E-state index contributed by atoms with van der Waals surface area (Å²) in [5.41, 5.74) is 2.38. The molecule has 0 fully saturated rings. The fourth-order valence-electron chi connectivity index (χ4n) is 2.61. The Hall–Kier alpha value is -1.93. The highest BCUT2D eigenvalue weighted by Gasteiger charge is 2.24. The van der Waals surface area contributed by atoms with Crippen LogP contribution in [0.15, 0.2) is 35.2 Å². The van der Waals surface area contributed by atoms with Crippen molar-refractivity contribution in [3.05, 3.63) is 47.3 Å². The molecule has 2 amide bonds. The number of hydrogen-bond donors (Lipinski definition) is 2. The average molecular weight is 381 g/mol. The van der Waals surface area contributed by atoms with Gasteiger partial charge in [-0.3, -0.25) is 9.40 Å². The highest BCUT2D eigenvalue weighted by molar-refractivity contribution is 8.32. The summed E-state index contributed by atoms with van der Waals surface area (Å²) in [7, 11) is -1.38. The van der Waals surface area contributed by atoms with Gasteiger partial charge in [0, 0.05) is 31.2 Å². The van der Waals surface area contributed by atoms with Crippen molar-refractivity contribution >= 4 is 25.9 Å². The Morgan fingerprint density at radius 2 is 2.00 bits per heavy atom. The van der Waals surface area contributed by atoms with E-state index in [0.717, 1.165) is 24.1 Å². The summed E-state index contributed by atoms with van der Waals surface area (Å²) < 4.78 is 17.2. The first-order valence-electron chi connectivity index (χ1n) is 8.22. The highest BCUT2D eigenvalue weighted by atomic mass is 32.8. The van der Waals surface area contributed by atoms with Gasteiger partial charge in [-0.2, -0.15) is 5.10 Å². The van der Waals surface area contributed by atoms with E-state index in [4.69, 9.17) is 11.2 Å².